The second kappa shape index (κ2) is 3.77. The van der Waals surface area contributed by atoms with Gasteiger partial charge in [-0.15, -0.1) is 0 Å². The molecule has 0 radical (unpaired) electrons. The minimum Gasteiger partial charge on any atom is -0.398 e. The van der Waals surface area contributed by atoms with Crippen molar-refractivity contribution >= 4 is 17.3 Å². The highest BCUT2D eigenvalue weighted by Gasteiger charge is 2.23. The van der Waals surface area contributed by atoms with Crippen molar-refractivity contribution in [1.29, 1.82) is 0 Å². The Kier molecular flexibility index (Phi) is 2.63. The maximum atomic E-state index is 9.88. The molecule has 1 heterocycles. The van der Waals surface area contributed by atoms with Crippen LogP contribution in [0, 0.1) is 0 Å². The molecule has 1 aromatic carbocycles. The van der Waals surface area contributed by atoms with Gasteiger partial charge in [-0.3, -0.25) is 4.90 Å². The van der Waals surface area contributed by atoms with Crippen molar-refractivity contribution < 1.29 is 5.11 Å². The number of aliphatic hydroxyl groups is 1. The summed E-state index contributed by atoms with van der Waals surface area (Å²) in [5.41, 5.74) is 6.94. The first kappa shape index (κ1) is 9.77. The number of nitrogen functional groups attached to an aromatic ring is 1. The number of anilines is 1. The van der Waals surface area contributed by atoms with Crippen LogP contribution in [0.1, 0.15) is 18.2 Å². The average molecular weight is 213 g/mol. The first-order valence-corrected chi connectivity index (χ1v) is 5.03. The van der Waals surface area contributed by atoms with E-state index in [9.17, 15) is 5.11 Å². The molecule has 0 aliphatic carbocycles. The molecule has 1 aliphatic heterocycles. The van der Waals surface area contributed by atoms with Gasteiger partial charge in [-0.25, -0.2) is 0 Å². The predicted octanol–water partition coefficient (Wildman–Crippen LogP) is 1.62. The van der Waals surface area contributed by atoms with E-state index >= 15 is 0 Å². The Morgan fingerprint density at radius 3 is 2.64 bits per heavy atom. The van der Waals surface area contributed by atoms with Crippen molar-refractivity contribution in [3.05, 3.63) is 28.8 Å². The Hall–Kier alpha value is -0.770. The minimum absolute atomic E-state index is 0.502. The number of hydrogen-bond acceptors (Lipinski definition) is 3. The molecule has 0 bridgehead atoms. The third-order valence-electron chi connectivity index (χ3n) is 2.56. The SMILES string of the molecule is Nc1ccc(C(O)N2CCC2)cc1Cl. The van der Waals surface area contributed by atoms with Gasteiger partial charge in [0.05, 0.1) is 10.7 Å². The van der Waals surface area contributed by atoms with Crippen molar-refractivity contribution in [2.24, 2.45) is 0 Å². The lowest BCUT2D eigenvalue weighted by Gasteiger charge is -2.35. The van der Waals surface area contributed by atoms with Crippen LogP contribution in [0.15, 0.2) is 18.2 Å². The fraction of sp³-hybridized carbons (Fsp3) is 0.400. The van der Waals surface area contributed by atoms with Crippen molar-refractivity contribution in [3.8, 4) is 0 Å². The summed E-state index contributed by atoms with van der Waals surface area (Å²) in [6.07, 6.45) is 0.613. The summed E-state index contributed by atoms with van der Waals surface area (Å²) in [4.78, 5) is 1.99. The van der Waals surface area contributed by atoms with Crippen LogP contribution in [0.2, 0.25) is 5.02 Å². The Morgan fingerprint density at radius 2 is 2.14 bits per heavy atom. The van der Waals surface area contributed by atoms with Gasteiger partial charge in [0.25, 0.3) is 0 Å². The molecular formula is C10H13ClN2O. The van der Waals surface area contributed by atoms with Gasteiger partial charge in [-0.05, 0) is 24.1 Å². The molecule has 1 aliphatic rings. The monoisotopic (exact) mass is 212 g/mol. The van der Waals surface area contributed by atoms with Crippen LogP contribution in [0.5, 0.6) is 0 Å². The predicted molar refractivity (Wildman–Crippen MR) is 57.0 cm³/mol. The molecule has 1 fully saturated rings. The topological polar surface area (TPSA) is 49.5 Å². The van der Waals surface area contributed by atoms with E-state index < -0.39 is 6.23 Å². The number of rotatable bonds is 2. The van der Waals surface area contributed by atoms with E-state index in [1.165, 1.54) is 0 Å². The molecule has 1 unspecified atom stereocenters. The van der Waals surface area contributed by atoms with Gasteiger partial charge in [-0.1, -0.05) is 17.7 Å². The number of halogens is 1. The summed E-state index contributed by atoms with van der Waals surface area (Å²) in [7, 11) is 0. The van der Waals surface area contributed by atoms with Gasteiger partial charge in [-0.2, -0.15) is 0 Å². The highest BCUT2D eigenvalue weighted by molar-refractivity contribution is 6.33. The quantitative estimate of drug-likeness (QED) is 0.733. The molecule has 0 spiro atoms. The molecule has 1 saturated heterocycles. The van der Waals surface area contributed by atoms with Gasteiger partial charge < -0.3 is 10.8 Å². The van der Waals surface area contributed by atoms with E-state index in [0.717, 1.165) is 25.1 Å². The van der Waals surface area contributed by atoms with Crippen LogP contribution >= 0.6 is 11.6 Å². The van der Waals surface area contributed by atoms with Crippen molar-refractivity contribution in [2.45, 2.75) is 12.6 Å². The zero-order valence-corrected chi connectivity index (χ0v) is 8.54. The van der Waals surface area contributed by atoms with Crippen LogP contribution in [-0.2, 0) is 0 Å². The number of nitrogens with two attached hydrogens (primary N) is 1. The Labute approximate surface area is 88.1 Å². The number of benzene rings is 1. The number of aliphatic hydroxyl groups excluding tert-OH is 1. The number of nitrogens with zero attached hydrogens (tertiary/aromatic N) is 1. The van der Waals surface area contributed by atoms with E-state index in [2.05, 4.69) is 0 Å². The van der Waals surface area contributed by atoms with E-state index in [1.54, 1.807) is 12.1 Å². The van der Waals surface area contributed by atoms with Gasteiger partial charge in [0, 0.05) is 13.1 Å². The fourth-order valence-electron chi connectivity index (χ4n) is 1.50. The van der Waals surface area contributed by atoms with Crippen LogP contribution < -0.4 is 5.73 Å². The second-order valence-corrected chi connectivity index (χ2v) is 3.95. The molecule has 76 valence electrons. The Balaban J connectivity index is 2.18. The zero-order valence-electron chi connectivity index (χ0n) is 7.78. The maximum Gasteiger partial charge on any atom is 0.133 e. The van der Waals surface area contributed by atoms with Gasteiger partial charge in [0.2, 0.25) is 0 Å². The molecule has 0 saturated carbocycles. The second-order valence-electron chi connectivity index (χ2n) is 3.54. The van der Waals surface area contributed by atoms with Gasteiger partial charge in [0.15, 0.2) is 0 Å². The summed E-state index contributed by atoms with van der Waals surface area (Å²) >= 11 is 5.87. The zero-order chi connectivity index (χ0) is 10.1. The third kappa shape index (κ3) is 1.71. The molecule has 1 aromatic rings. The summed E-state index contributed by atoms with van der Waals surface area (Å²) < 4.78 is 0. The van der Waals surface area contributed by atoms with E-state index in [1.807, 2.05) is 11.0 Å². The van der Waals surface area contributed by atoms with Crippen LogP contribution in [0.4, 0.5) is 5.69 Å². The minimum atomic E-state index is -0.540. The summed E-state index contributed by atoms with van der Waals surface area (Å²) in [6, 6.07) is 5.25. The molecule has 4 heteroatoms. The van der Waals surface area contributed by atoms with Crippen LogP contribution in [0.25, 0.3) is 0 Å². The molecule has 0 aromatic heterocycles. The lowest BCUT2D eigenvalue weighted by atomic mass is 10.1. The molecule has 1 atom stereocenters. The molecule has 2 rings (SSSR count). The number of hydrogen-bond donors (Lipinski definition) is 2. The van der Waals surface area contributed by atoms with E-state index in [0.29, 0.717) is 10.7 Å². The normalized spacial score (nSPS) is 19.0. The number of likely N-dealkylation sites (tertiary alicyclic amines) is 1. The maximum absolute atomic E-state index is 9.88. The van der Waals surface area contributed by atoms with E-state index in [4.69, 9.17) is 17.3 Å². The van der Waals surface area contributed by atoms with Crippen molar-refractivity contribution in [2.75, 3.05) is 18.8 Å². The summed E-state index contributed by atoms with van der Waals surface area (Å²) in [5, 5.41) is 10.4. The lowest BCUT2D eigenvalue weighted by molar-refractivity contribution is -0.0365. The highest BCUT2D eigenvalue weighted by atomic mass is 35.5. The lowest BCUT2D eigenvalue weighted by Crippen LogP contribution is -2.40. The van der Waals surface area contributed by atoms with Crippen LogP contribution in [0.3, 0.4) is 0 Å². The van der Waals surface area contributed by atoms with Crippen LogP contribution in [-0.4, -0.2) is 23.1 Å². The molecular weight excluding hydrogens is 200 g/mol. The van der Waals surface area contributed by atoms with E-state index in [-0.39, 0.29) is 0 Å². The van der Waals surface area contributed by atoms with Gasteiger partial charge in [0.1, 0.15) is 6.23 Å². The molecule has 3 N–H and O–H groups in total. The van der Waals surface area contributed by atoms with Crippen molar-refractivity contribution in [1.82, 2.24) is 4.90 Å². The summed E-state index contributed by atoms with van der Waals surface area (Å²) in [6.45, 7) is 1.90. The Morgan fingerprint density at radius 1 is 1.43 bits per heavy atom. The van der Waals surface area contributed by atoms with Crippen molar-refractivity contribution in [3.63, 3.8) is 0 Å². The Bertz CT molecular complexity index is 339. The molecule has 14 heavy (non-hydrogen) atoms. The fourth-order valence-corrected chi connectivity index (χ4v) is 1.69. The smallest absolute Gasteiger partial charge is 0.133 e. The third-order valence-corrected chi connectivity index (χ3v) is 2.89. The largest absolute Gasteiger partial charge is 0.398 e. The molecule has 3 nitrogen and oxygen atoms in total. The first-order chi connectivity index (χ1) is 6.68. The highest BCUT2D eigenvalue weighted by Crippen LogP contribution is 2.27. The summed E-state index contributed by atoms with van der Waals surface area (Å²) in [5.74, 6) is 0. The van der Waals surface area contributed by atoms with Gasteiger partial charge >= 0.3 is 0 Å². The molecule has 0 amide bonds. The first-order valence-electron chi connectivity index (χ1n) is 4.65. The average Bonchev–Trinajstić information content (AvgIpc) is 2.06. The standard InChI is InChI=1S/C10H13ClN2O/c11-8-6-7(2-3-9(8)12)10(14)13-4-1-5-13/h2-3,6,10,14H,1,4-5,12H2.